The predicted molar refractivity (Wildman–Crippen MR) is 85.9 cm³/mol. The Morgan fingerprint density at radius 3 is 3.05 bits per heavy atom. The summed E-state index contributed by atoms with van der Waals surface area (Å²) in [6.45, 7) is 2.80. The molecule has 2 aliphatic rings. The first-order valence-corrected chi connectivity index (χ1v) is 7.91. The number of piperidine rings is 1. The molecule has 1 aliphatic heterocycles. The lowest BCUT2D eigenvalue weighted by Gasteiger charge is -2.48. The molecule has 0 bridgehead atoms. The van der Waals surface area contributed by atoms with E-state index in [2.05, 4.69) is 41.3 Å². The number of carbonyl (C=O) groups excluding carboxylic acids is 1. The molecule has 4 nitrogen and oxygen atoms in total. The fraction of sp³-hybridized carbons (Fsp3) is 0.500. The molecule has 0 saturated carbocycles. The second kappa shape index (κ2) is 4.59. The molecular formula is C18H22N2O2. The largest absolute Gasteiger partial charge is 0.469 e. The van der Waals surface area contributed by atoms with Gasteiger partial charge < -0.3 is 14.6 Å². The number of nitrogens with one attached hydrogen (secondary N) is 1. The fourth-order valence-corrected chi connectivity index (χ4v) is 4.65. The summed E-state index contributed by atoms with van der Waals surface area (Å²) in [6, 6.07) is 6.94. The smallest absolute Gasteiger partial charge is 0.312 e. The van der Waals surface area contributed by atoms with Crippen LogP contribution in [0.1, 0.15) is 30.4 Å². The lowest BCUT2D eigenvalue weighted by atomic mass is 9.67. The average molecular weight is 298 g/mol. The first-order chi connectivity index (χ1) is 10.5. The van der Waals surface area contributed by atoms with E-state index >= 15 is 0 Å². The van der Waals surface area contributed by atoms with Crippen molar-refractivity contribution in [1.82, 2.24) is 9.88 Å². The van der Waals surface area contributed by atoms with E-state index < -0.39 is 5.41 Å². The van der Waals surface area contributed by atoms with Gasteiger partial charge in [-0.25, -0.2) is 0 Å². The number of hydrogen-bond donors (Lipinski definition) is 1. The van der Waals surface area contributed by atoms with Crippen molar-refractivity contribution in [1.29, 1.82) is 0 Å². The Labute approximate surface area is 130 Å². The molecule has 2 aromatic rings. The highest BCUT2D eigenvalue weighted by Crippen LogP contribution is 2.48. The van der Waals surface area contributed by atoms with Crippen LogP contribution in [-0.4, -0.2) is 42.6 Å². The molecule has 3 atom stereocenters. The van der Waals surface area contributed by atoms with Crippen LogP contribution in [-0.2, 0) is 16.0 Å². The third kappa shape index (κ3) is 1.76. The molecule has 0 radical (unpaired) electrons. The number of aromatic nitrogens is 1. The van der Waals surface area contributed by atoms with Gasteiger partial charge in [0, 0.05) is 35.6 Å². The van der Waals surface area contributed by atoms with Crippen molar-refractivity contribution in [3.63, 3.8) is 0 Å². The Balaban J connectivity index is 1.83. The Bertz CT molecular complexity index is 751. The Kier molecular flexibility index (Phi) is 2.89. The minimum absolute atomic E-state index is 0.0927. The number of H-pyrrole nitrogens is 1. The quantitative estimate of drug-likeness (QED) is 0.823. The van der Waals surface area contributed by atoms with Gasteiger partial charge in [-0.1, -0.05) is 12.1 Å². The molecule has 0 spiro atoms. The highest BCUT2D eigenvalue weighted by Gasteiger charge is 2.48. The van der Waals surface area contributed by atoms with E-state index in [1.54, 1.807) is 0 Å². The number of hydrogen-bond acceptors (Lipinski definition) is 3. The van der Waals surface area contributed by atoms with Gasteiger partial charge in [0.25, 0.3) is 0 Å². The lowest BCUT2D eigenvalue weighted by Crippen LogP contribution is -2.54. The minimum atomic E-state index is -0.430. The molecule has 1 unspecified atom stereocenters. The monoisotopic (exact) mass is 298 g/mol. The molecule has 2 heterocycles. The van der Waals surface area contributed by atoms with Gasteiger partial charge >= 0.3 is 5.97 Å². The zero-order chi connectivity index (χ0) is 15.5. The zero-order valence-electron chi connectivity index (χ0n) is 13.3. The molecule has 4 rings (SSSR count). The summed E-state index contributed by atoms with van der Waals surface area (Å²) >= 11 is 0. The maximum Gasteiger partial charge on any atom is 0.312 e. The normalized spacial score (nSPS) is 31.0. The third-order valence-electron chi connectivity index (χ3n) is 5.63. The van der Waals surface area contributed by atoms with Gasteiger partial charge in [0.2, 0.25) is 0 Å². The van der Waals surface area contributed by atoms with E-state index in [4.69, 9.17) is 4.74 Å². The first-order valence-electron chi connectivity index (χ1n) is 7.91. The van der Waals surface area contributed by atoms with Crippen LogP contribution in [0.15, 0.2) is 24.4 Å². The van der Waals surface area contributed by atoms with Crippen molar-refractivity contribution in [3.8, 4) is 0 Å². The molecule has 1 aliphatic carbocycles. The summed E-state index contributed by atoms with van der Waals surface area (Å²) in [7, 11) is 3.63. The molecule has 1 aromatic heterocycles. The number of aromatic amines is 1. The van der Waals surface area contributed by atoms with Gasteiger partial charge in [-0.3, -0.25) is 4.79 Å². The van der Waals surface area contributed by atoms with E-state index in [0.29, 0.717) is 12.0 Å². The number of carbonyl (C=O) groups is 1. The molecule has 4 heteroatoms. The van der Waals surface area contributed by atoms with Crippen molar-refractivity contribution in [2.24, 2.45) is 5.41 Å². The maximum atomic E-state index is 12.3. The summed E-state index contributed by atoms with van der Waals surface area (Å²) in [5.41, 5.74) is 3.56. The van der Waals surface area contributed by atoms with Crippen molar-refractivity contribution in [2.45, 2.75) is 31.7 Å². The maximum absolute atomic E-state index is 12.3. The first kappa shape index (κ1) is 13.8. The molecule has 1 fully saturated rings. The Morgan fingerprint density at radius 1 is 1.45 bits per heavy atom. The lowest BCUT2D eigenvalue weighted by molar-refractivity contribution is -0.156. The topological polar surface area (TPSA) is 45.3 Å². The van der Waals surface area contributed by atoms with Crippen LogP contribution in [0.4, 0.5) is 0 Å². The minimum Gasteiger partial charge on any atom is -0.469 e. The van der Waals surface area contributed by atoms with Crippen LogP contribution >= 0.6 is 0 Å². The molecule has 116 valence electrons. The molecule has 1 N–H and O–H groups in total. The molecular weight excluding hydrogens is 276 g/mol. The van der Waals surface area contributed by atoms with Crippen molar-refractivity contribution in [2.75, 3.05) is 20.7 Å². The van der Waals surface area contributed by atoms with Gasteiger partial charge in [-0.05, 0) is 44.0 Å². The number of likely N-dealkylation sites (N-methyl/N-ethyl adjacent to an activating group) is 1. The Morgan fingerprint density at radius 2 is 2.27 bits per heavy atom. The van der Waals surface area contributed by atoms with Crippen LogP contribution in [0.2, 0.25) is 0 Å². The molecule has 1 saturated heterocycles. The van der Waals surface area contributed by atoms with Gasteiger partial charge in [0.1, 0.15) is 0 Å². The number of nitrogens with zero attached hydrogens (tertiary/aromatic N) is 1. The van der Waals surface area contributed by atoms with Gasteiger partial charge in [0.05, 0.1) is 12.5 Å². The number of esters is 1. The molecule has 0 amide bonds. The van der Waals surface area contributed by atoms with Crippen LogP contribution < -0.4 is 0 Å². The number of benzene rings is 1. The van der Waals surface area contributed by atoms with Gasteiger partial charge in [0.15, 0.2) is 0 Å². The summed E-state index contributed by atoms with van der Waals surface area (Å²) in [5.74, 6) is 0.291. The number of methoxy groups -OCH3 is 1. The van der Waals surface area contributed by atoms with Crippen LogP contribution in [0.3, 0.4) is 0 Å². The van der Waals surface area contributed by atoms with Crippen molar-refractivity contribution in [3.05, 3.63) is 35.5 Å². The highest BCUT2D eigenvalue weighted by atomic mass is 16.5. The Hall–Kier alpha value is -1.81. The van der Waals surface area contributed by atoms with E-state index in [9.17, 15) is 4.79 Å². The fourth-order valence-electron chi connectivity index (χ4n) is 4.65. The van der Waals surface area contributed by atoms with Crippen molar-refractivity contribution < 1.29 is 9.53 Å². The van der Waals surface area contributed by atoms with E-state index in [-0.39, 0.29) is 5.97 Å². The highest BCUT2D eigenvalue weighted by molar-refractivity contribution is 5.88. The second-order valence-corrected chi connectivity index (χ2v) is 7.13. The van der Waals surface area contributed by atoms with Gasteiger partial charge in [-0.15, -0.1) is 0 Å². The van der Waals surface area contributed by atoms with Crippen LogP contribution in [0, 0.1) is 5.41 Å². The van der Waals surface area contributed by atoms with E-state index in [0.717, 1.165) is 19.4 Å². The predicted octanol–water partition coefficient (Wildman–Crippen LogP) is 2.69. The summed E-state index contributed by atoms with van der Waals surface area (Å²) in [5, 5.41) is 1.37. The average Bonchev–Trinajstić information content (AvgIpc) is 2.92. The number of likely N-dealkylation sites (tertiary alicyclic amines) is 1. The number of ether oxygens (including phenoxy) is 1. The number of rotatable bonds is 1. The van der Waals surface area contributed by atoms with Crippen LogP contribution in [0.25, 0.3) is 10.9 Å². The van der Waals surface area contributed by atoms with E-state index in [1.807, 2.05) is 6.92 Å². The SMILES string of the molecule is COC(=O)C1(C)C[C@@H]2c3cccc4[nH]cc(c34)C[C@H]2N(C)C1. The molecule has 1 aromatic carbocycles. The zero-order valence-corrected chi connectivity index (χ0v) is 13.3. The van der Waals surface area contributed by atoms with Crippen LogP contribution in [0.5, 0.6) is 0 Å². The summed E-state index contributed by atoms with van der Waals surface area (Å²) < 4.78 is 5.08. The summed E-state index contributed by atoms with van der Waals surface area (Å²) in [6.07, 6.45) is 4.06. The number of fused-ring (bicyclic) bond motifs is 2. The third-order valence-corrected chi connectivity index (χ3v) is 5.63. The summed E-state index contributed by atoms with van der Waals surface area (Å²) in [4.78, 5) is 18.0. The van der Waals surface area contributed by atoms with E-state index in [1.165, 1.54) is 29.1 Å². The van der Waals surface area contributed by atoms with Gasteiger partial charge in [-0.2, -0.15) is 0 Å². The standard InChI is InChI=1S/C18H22N2O2/c1-18(17(21)22-3)8-13-12-5-4-6-14-16(12)11(9-19-14)7-15(13)20(2)10-18/h4-6,9,13,15,19H,7-8,10H2,1-3H3/t13-,15-,18?/m1/s1. The molecule has 22 heavy (non-hydrogen) atoms. The van der Waals surface area contributed by atoms with Crippen molar-refractivity contribution >= 4 is 16.9 Å². The second-order valence-electron chi connectivity index (χ2n) is 7.13.